The molecular weight excluding hydrogens is 244 g/mol. The van der Waals surface area contributed by atoms with Crippen molar-refractivity contribution in [1.82, 2.24) is 0 Å². The molecule has 0 saturated heterocycles. The number of rotatable bonds is 5. The topological polar surface area (TPSA) is 52.6 Å². The summed E-state index contributed by atoms with van der Waals surface area (Å²) in [5.41, 5.74) is 0.519. The lowest BCUT2D eigenvalue weighted by atomic mass is 9.94. The smallest absolute Gasteiger partial charge is 0.174 e. The molecule has 0 spiro atoms. The summed E-state index contributed by atoms with van der Waals surface area (Å²) in [7, 11) is 1.57. The highest BCUT2D eigenvalue weighted by atomic mass is 16.5. The lowest BCUT2D eigenvalue weighted by Gasteiger charge is -2.09. The second-order valence-electron chi connectivity index (χ2n) is 4.30. The molecule has 1 aliphatic carbocycles. The Morgan fingerprint density at radius 2 is 2.00 bits per heavy atom. The lowest BCUT2D eigenvalue weighted by molar-refractivity contribution is -0.116. The van der Waals surface area contributed by atoms with Crippen molar-refractivity contribution >= 4 is 11.6 Å². The van der Waals surface area contributed by atoms with Crippen LogP contribution in [0.1, 0.15) is 23.7 Å². The van der Waals surface area contributed by atoms with Crippen LogP contribution in [0.25, 0.3) is 0 Å². The maximum atomic E-state index is 12.3. The van der Waals surface area contributed by atoms with Gasteiger partial charge in [-0.25, -0.2) is 0 Å². The third kappa shape index (κ3) is 2.84. The molecule has 100 valence electrons. The van der Waals surface area contributed by atoms with E-state index in [0.29, 0.717) is 30.1 Å². The number of carbonyl (C=O) groups excluding carboxylic acids is 2. The van der Waals surface area contributed by atoms with Crippen LogP contribution < -0.4 is 4.74 Å². The minimum atomic E-state index is -0.644. The van der Waals surface area contributed by atoms with Gasteiger partial charge in [-0.1, -0.05) is 0 Å². The number of ketones is 2. The molecule has 0 aliphatic heterocycles. The molecule has 0 N–H and O–H groups in total. The number of benzene rings is 1. The lowest BCUT2D eigenvalue weighted by Crippen LogP contribution is -2.19. The van der Waals surface area contributed by atoms with Crippen molar-refractivity contribution in [2.24, 2.45) is 5.92 Å². The fourth-order valence-electron chi connectivity index (χ4n) is 2.08. The second-order valence-corrected chi connectivity index (χ2v) is 4.30. The first-order chi connectivity index (χ1) is 9.15. The minimum Gasteiger partial charge on any atom is -0.498 e. The number of ether oxygens (including phenoxy) is 2. The van der Waals surface area contributed by atoms with Gasteiger partial charge >= 0.3 is 0 Å². The normalized spacial score (nSPS) is 18.1. The predicted octanol–water partition coefficient (Wildman–Crippen LogP) is 2.39. The maximum Gasteiger partial charge on any atom is 0.174 e. The van der Waals surface area contributed by atoms with Crippen LogP contribution in [0.4, 0.5) is 0 Å². The van der Waals surface area contributed by atoms with Gasteiger partial charge in [-0.3, -0.25) is 9.59 Å². The number of hydrogen-bond donors (Lipinski definition) is 0. The van der Waals surface area contributed by atoms with E-state index in [-0.39, 0.29) is 11.6 Å². The van der Waals surface area contributed by atoms with E-state index in [1.54, 1.807) is 31.4 Å². The van der Waals surface area contributed by atoms with Gasteiger partial charge < -0.3 is 9.47 Å². The van der Waals surface area contributed by atoms with E-state index in [0.717, 1.165) is 0 Å². The van der Waals surface area contributed by atoms with Crippen molar-refractivity contribution in [3.8, 4) is 5.75 Å². The van der Waals surface area contributed by atoms with Gasteiger partial charge in [0.25, 0.3) is 0 Å². The van der Waals surface area contributed by atoms with Gasteiger partial charge in [0, 0.05) is 18.1 Å². The molecule has 19 heavy (non-hydrogen) atoms. The second kappa shape index (κ2) is 5.69. The van der Waals surface area contributed by atoms with Crippen molar-refractivity contribution in [1.29, 1.82) is 0 Å². The number of carbonyl (C=O) groups is 2. The fraction of sp³-hybridized carbons (Fsp3) is 0.333. The molecule has 0 bridgehead atoms. The zero-order valence-electron chi connectivity index (χ0n) is 11.0. The summed E-state index contributed by atoms with van der Waals surface area (Å²) in [5, 5.41) is 0. The quantitative estimate of drug-likeness (QED) is 0.602. The van der Waals surface area contributed by atoms with Crippen molar-refractivity contribution in [2.75, 3.05) is 13.7 Å². The van der Waals surface area contributed by atoms with Crippen molar-refractivity contribution in [2.45, 2.75) is 13.3 Å². The maximum absolute atomic E-state index is 12.3. The number of Topliss-reactive ketones (excluding diaryl/α,β-unsaturated/α-hetero) is 1. The van der Waals surface area contributed by atoms with Crippen LogP contribution in [0.15, 0.2) is 36.1 Å². The Labute approximate surface area is 112 Å². The van der Waals surface area contributed by atoms with E-state index >= 15 is 0 Å². The molecule has 1 unspecified atom stereocenters. The molecule has 0 aromatic heterocycles. The molecule has 0 amide bonds. The van der Waals surface area contributed by atoms with Crippen LogP contribution in [0, 0.1) is 5.92 Å². The molecule has 0 fully saturated rings. The van der Waals surface area contributed by atoms with Crippen LogP contribution in [0.3, 0.4) is 0 Å². The largest absolute Gasteiger partial charge is 0.498 e. The SMILES string of the molecule is CCOC1=CC(=O)C(C(=O)c2ccc(OC)cc2)C1. The minimum absolute atomic E-state index is 0.168. The van der Waals surface area contributed by atoms with E-state index in [4.69, 9.17) is 9.47 Å². The average molecular weight is 260 g/mol. The van der Waals surface area contributed by atoms with Crippen LogP contribution >= 0.6 is 0 Å². The summed E-state index contributed by atoms with van der Waals surface area (Å²) in [6.45, 7) is 2.35. The molecule has 1 aromatic carbocycles. The molecule has 4 heteroatoms. The third-order valence-corrected chi connectivity index (χ3v) is 3.07. The molecule has 1 aromatic rings. The Kier molecular flexibility index (Phi) is 4.00. The summed E-state index contributed by atoms with van der Waals surface area (Å²) < 4.78 is 10.3. The highest BCUT2D eigenvalue weighted by Crippen LogP contribution is 2.26. The van der Waals surface area contributed by atoms with Crippen molar-refractivity contribution in [3.63, 3.8) is 0 Å². The molecule has 0 radical (unpaired) electrons. The molecule has 4 nitrogen and oxygen atoms in total. The number of allylic oxidation sites excluding steroid dienone is 2. The summed E-state index contributed by atoms with van der Waals surface area (Å²) >= 11 is 0. The van der Waals surface area contributed by atoms with Crippen LogP contribution in [0.2, 0.25) is 0 Å². The third-order valence-electron chi connectivity index (χ3n) is 3.07. The summed E-state index contributed by atoms with van der Waals surface area (Å²) in [5.74, 6) is 0.291. The van der Waals surface area contributed by atoms with Crippen LogP contribution in [-0.2, 0) is 9.53 Å². The van der Waals surface area contributed by atoms with E-state index in [1.807, 2.05) is 6.92 Å². The highest BCUT2D eigenvalue weighted by molar-refractivity contribution is 6.15. The zero-order valence-corrected chi connectivity index (χ0v) is 11.0. The van der Waals surface area contributed by atoms with Gasteiger partial charge in [-0.05, 0) is 31.2 Å². The molecular formula is C15H16O4. The van der Waals surface area contributed by atoms with Gasteiger partial charge in [0.1, 0.15) is 11.5 Å². The summed E-state index contributed by atoms with van der Waals surface area (Å²) in [4.78, 5) is 24.1. The van der Waals surface area contributed by atoms with Crippen LogP contribution in [0.5, 0.6) is 5.75 Å². The van der Waals surface area contributed by atoms with Gasteiger partial charge in [0.2, 0.25) is 0 Å². The van der Waals surface area contributed by atoms with E-state index in [1.165, 1.54) is 6.08 Å². The van der Waals surface area contributed by atoms with Gasteiger partial charge in [0.05, 0.1) is 19.6 Å². The van der Waals surface area contributed by atoms with Gasteiger partial charge in [0.15, 0.2) is 11.6 Å². The summed E-state index contributed by atoms with van der Waals surface area (Å²) in [6, 6.07) is 6.77. The average Bonchev–Trinajstić information content (AvgIpc) is 2.79. The van der Waals surface area contributed by atoms with E-state index < -0.39 is 5.92 Å². The van der Waals surface area contributed by atoms with Crippen molar-refractivity contribution in [3.05, 3.63) is 41.7 Å². The Hall–Kier alpha value is -2.10. The standard InChI is InChI=1S/C15H16O4/c1-3-19-12-8-13(14(16)9-12)15(17)10-4-6-11(18-2)7-5-10/h4-7,9,13H,3,8H2,1-2H3. The first kappa shape index (κ1) is 13.3. The molecule has 0 saturated carbocycles. The Morgan fingerprint density at radius 1 is 1.32 bits per heavy atom. The van der Waals surface area contributed by atoms with Crippen molar-refractivity contribution < 1.29 is 19.1 Å². The van der Waals surface area contributed by atoms with Gasteiger partial charge in [-0.15, -0.1) is 0 Å². The highest BCUT2D eigenvalue weighted by Gasteiger charge is 2.33. The number of methoxy groups -OCH3 is 1. The van der Waals surface area contributed by atoms with Crippen LogP contribution in [-0.4, -0.2) is 25.3 Å². The molecule has 2 rings (SSSR count). The Bertz CT molecular complexity index is 513. The first-order valence-electron chi connectivity index (χ1n) is 6.21. The summed E-state index contributed by atoms with van der Waals surface area (Å²) in [6.07, 6.45) is 1.78. The van der Waals surface area contributed by atoms with E-state index in [2.05, 4.69) is 0 Å². The zero-order chi connectivity index (χ0) is 13.8. The monoisotopic (exact) mass is 260 g/mol. The number of hydrogen-bond acceptors (Lipinski definition) is 4. The predicted molar refractivity (Wildman–Crippen MR) is 70.1 cm³/mol. The molecule has 1 aliphatic rings. The molecule has 0 heterocycles. The molecule has 1 atom stereocenters. The van der Waals surface area contributed by atoms with Gasteiger partial charge in [-0.2, -0.15) is 0 Å². The Balaban J connectivity index is 2.10. The fourth-order valence-corrected chi connectivity index (χ4v) is 2.08. The Morgan fingerprint density at radius 3 is 2.58 bits per heavy atom. The first-order valence-corrected chi connectivity index (χ1v) is 6.21. The van der Waals surface area contributed by atoms with E-state index in [9.17, 15) is 9.59 Å².